The zero-order chi connectivity index (χ0) is 20.1. The van der Waals surface area contributed by atoms with Gasteiger partial charge in [0.2, 0.25) is 0 Å². The molecule has 9 heteroatoms. The Balaban J connectivity index is 1.84. The number of carbonyl (C=O) groups is 2. The molecule has 2 aromatic heterocycles. The Morgan fingerprint density at radius 1 is 1.18 bits per heavy atom. The molecular weight excluding hydrogens is 375 g/mol. The monoisotopic (exact) mass is 388 g/mol. The molecule has 1 aromatic carbocycles. The molecule has 1 N–H and O–H groups in total. The number of amides is 1. The zero-order valence-electron chi connectivity index (χ0n) is 14.3. The van der Waals surface area contributed by atoms with E-state index in [9.17, 15) is 27.9 Å². The van der Waals surface area contributed by atoms with Gasteiger partial charge in [-0.05, 0) is 30.2 Å². The quantitative estimate of drug-likeness (QED) is 0.729. The van der Waals surface area contributed by atoms with Crippen molar-refractivity contribution in [3.8, 4) is 0 Å². The second-order valence-electron chi connectivity index (χ2n) is 6.44. The number of alkyl halides is 3. The van der Waals surface area contributed by atoms with Crippen LogP contribution in [0, 0.1) is 0 Å². The summed E-state index contributed by atoms with van der Waals surface area (Å²) in [7, 11) is 0. The minimum atomic E-state index is -4.76. The van der Waals surface area contributed by atoms with Crippen LogP contribution < -0.4 is 5.11 Å². The summed E-state index contributed by atoms with van der Waals surface area (Å²) in [6, 6.07) is 6.95. The first-order valence-electron chi connectivity index (χ1n) is 8.42. The highest BCUT2D eigenvalue weighted by Gasteiger charge is 2.50. The molecule has 0 spiro atoms. The second-order valence-corrected chi connectivity index (χ2v) is 6.44. The molecule has 6 nitrogen and oxygen atoms in total. The van der Waals surface area contributed by atoms with Crippen LogP contribution in [0.25, 0.3) is 10.9 Å². The molecule has 28 heavy (non-hydrogen) atoms. The topological polar surface area (TPSA) is 89.1 Å². The Kier molecular flexibility index (Phi) is 4.10. The predicted octanol–water partition coefficient (Wildman–Crippen LogP) is 2.23. The van der Waals surface area contributed by atoms with E-state index in [-0.39, 0.29) is 18.7 Å². The lowest BCUT2D eigenvalue weighted by atomic mass is 9.96. The van der Waals surface area contributed by atoms with Crippen LogP contribution in [0.1, 0.15) is 38.1 Å². The fraction of sp³-hybridized carbons (Fsp3) is 0.211. The Labute approximate surface area is 156 Å². The van der Waals surface area contributed by atoms with Crippen LogP contribution in [-0.4, -0.2) is 39.5 Å². The smallest absolute Gasteiger partial charge is 0.414 e. The molecule has 0 fully saturated rings. The molecule has 4 rings (SSSR count). The highest BCUT2D eigenvalue weighted by atomic mass is 19.4. The maximum Gasteiger partial charge on any atom is 0.414 e. The predicted molar refractivity (Wildman–Crippen MR) is 90.4 cm³/mol. The summed E-state index contributed by atoms with van der Waals surface area (Å²) in [5, 5.41) is 11.9. The van der Waals surface area contributed by atoms with Crippen molar-refractivity contribution in [3.05, 3.63) is 65.1 Å². The van der Waals surface area contributed by atoms with Gasteiger partial charge in [0.15, 0.2) is 6.04 Å². The number of carboxylic acids is 1. The van der Waals surface area contributed by atoms with Gasteiger partial charge in [-0.1, -0.05) is 18.2 Å². The van der Waals surface area contributed by atoms with E-state index < -0.39 is 35.4 Å². The molecule has 1 amide bonds. The van der Waals surface area contributed by atoms with Crippen LogP contribution in [0.4, 0.5) is 13.2 Å². The number of nitrogens with one attached hydrogen (secondary N) is 1. The third-order valence-corrected chi connectivity index (χ3v) is 4.84. The van der Waals surface area contributed by atoms with Gasteiger partial charge >= 0.3 is 6.18 Å². The SMILES string of the molecule is O=C([O-])c1cccnc1C(=O)N1CCc2c([nH]c3ccccc23)[C@H]1C(F)(F)F. The number of H-pyrrole nitrogens is 1. The van der Waals surface area contributed by atoms with Gasteiger partial charge in [0.25, 0.3) is 5.91 Å². The molecule has 0 bridgehead atoms. The maximum absolute atomic E-state index is 14.0. The van der Waals surface area contributed by atoms with Gasteiger partial charge in [-0.25, -0.2) is 0 Å². The van der Waals surface area contributed by atoms with Crippen molar-refractivity contribution in [1.82, 2.24) is 14.9 Å². The number of benzene rings is 1. The number of hydrogen-bond donors (Lipinski definition) is 1. The van der Waals surface area contributed by atoms with Crippen molar-refractivity contribution < 1.29 is 27.9 Å². The first kappa shape index (κ1) is 18.0. The summed E-state index contributed by atoms with van der Waals surface area (Å²) < 4.78 is 41.9. The fourth-order valence-electron chi connectivity index (χ4n) is 3.68. The molecule has 0 aliphatic carbocycles. The molecule has 1 atom stereocenters. The van der Waals surface area contributed by atoms with Gasteiger partial charge in [-0.2, -0.15) is 13.2 Å². The number of carbonyl (C=O) groups excluding carboxylic acids is 2. The molecular formula is C19H13F3N3O3-. The average molecular weight is 388 g/mol. The molecule has 3 aromatic rings. The molecule has 1 aliphatic rings. The largest absolute Gasteiger partial charge is 0.545 e. The van der Waals surface area contributed by atoms with Crippen molar-refractivity contribution in [2.45, 2.75) is 18.6 Å². The van der Waals surface area contributed by atoms with E-state index in [4.69, 9.17) is 0 Å². The molecule has 0 radical (unpaired) electrons. The van der Waals surface area contributed by atoms with E-state index in [2.05, 4.69) is 9.97 Å². The number of fused-ring (bicyclic) bond motifs is 3. The van der Waals surface area contributed by atoms with E-state index in [0.717, 1.165) is 12.3 Å². The highest BCUT2D eigenvalue weighted by molar-refractivity contribution is 6.03. The Morgan fingerprint density at radius 3 is 2.64 bits per heavy atom. The van der Waals surface area contributed by atoms with E-state index >= 15 is 0 Å². The Hall–Kier alpha value is -3.36. The molecule has 1 aliphatic heterocycles. The molecule has 144 valence electrons. The van der Waals surface area contributed by atoms with E-state index in [0.29, 0.717) is 21.4 Å². The number of halogens is 3. The van der Waals surface area contributed by atoms with Crippen molar-refractivity contribution >= 4 is 22.8 Å². The minimum Gasteiger partial charge on any atom is -0.545 e. The van der Waals surface area contributed by atoms with Crippen LogP contribution in [0.2, 0.25) is 0 Å². The second kappa shape index (κ2) is 6.36. The summed E-state index contributed by atoms with van der Waals surface area (Å²) in [5.41, 5.74) is -0.182. The van der Waals surface area contributed by atoms with Gasteiger partial charge in [0.05, 0.1) is 11.7 Å². The van der Waals surface area contributed by atoms with Crippen molar-refractivity contribution in [3.63, 3.8) is 0 Å². The number of aromatic nitrogens is 2. The van der Waals surface area contributed by atoms with Gasteiger partial charge in [0.1, 0.15) is 5.69 Å². The van der Waals surface area contributed by atoms with Crippen molar-refractivity contribution in [2.75, 3.05) is 6.54 Å². The highest BCUT2D eigenvalue weighted by Crippen LogP contribution is 2.44. The van der Waals surface area contributed by atoms with Crippen LogP contribution in [-0.2, 0) is 6.42 Å². The van der Waals surface area contributed by atoms with Crippen LogP contribution in [0.15, 0.2) is 42.6 Å². The number of pyridine rings is 1. The summed E-state index contributed by atoms with van der Waals surface area (Å²) in [6.07, 6.45) is -3.41. The summed E-state index contributed by atoms with van der Waals surface area (Å²) in [5.74, 6) is -2.78. The van der Waals surface area contributed by atoms with Gasteiger partial charge in [0, 0.05) is 29.2 Å². The number of carboxylic acid groups (broad SMARTS) is 1. The summed E-state index contributed by atoms with van der Waals surface area (Å²) >= 11 is 0. The number of para-hydroxylation sites is 1. The van der Waals surface area contributed by atoms with E-state index in [1.807, 2.05) is 0 Å². The number of aromatic carboxylic acids is 1. The van der Waals surface area contributed by atoms with Crippen LogP contribution in [0.3, 0.4) is 0 Å². The number of nitrogens with zero attached hydrogens (tertiary/aromatic N) is 2. The maximum atomic E-state index is 14.0. The van der Waals surface area contributed by atoms with E-state index in [1.54, 1.807) is 24.3 Å². The fourth-order valence-corrected chi connectivity index (χ4v) is 3.68. The summed E-state index contributed by atoms with van der Waals surface area (Å²) in [6.45, 7) is -0.221. The van der Waals surface area contributed by atoms with Crippen LogP contribution >= 0.6 is 0 Å². The number of aromatic amines is 1. The third kappa shape index (κ3) is 2.79. The Bertz CT molecular complexity index is 1090. The van der Waals surface area contributed by atoms with Crippen molar-refractivity contribution in [2.24, 2.45) is 0 Å². The lowest BCUT2D eigenvalue weighted by molar-refractivity contribution is -0.255. The van der Waals surface area contributed by atoms with Gasteiger partial charge < -0.3 is 19.8 Å². The number of rotatable bonds is 2. The molecule has 3 heterocycles. The first-order chi connectivity index (χ1) is 13.3. The molecule has 0 saturated carbocycles. The molecule has 0 saturated heterocycles. The number of hydrogen-bond acceptors (Lipinski definition) is 4. The van der Waals surface area contributed by atoms with Gasteiger partial charge in [-0.3, -0.25) is 9.78 Å². The van der Waals surface area contributed by atoms with Crippen LogP contribution in [0.5, 0.6) is 0 Å². The zero-order valence-corrected chi connectivity index (χ0v) is 14.3. The summed E-state index contributed by atoms with van der Waals surface area (Å²) in [4.78, 5) is 31.2. The lowest BCUT2D eigenvalue weighted by Crippen LogP contribution is -2.47. The van der Waals surface area contributed by atoms with Crippen molar-refractivity contribution in [1.29, 1.82) is 0 Å². The minimum absolute atomic E-state index is 0.112. The molecule has 0 unspecified atom stereocenters. The normalized spacial score (nSPS) is 16.8. The third-order valence-electron chi connectivity index (χ3n) is 4.84. The van der Waals surface area contributed by atoms with E-state index in [1.165, 1.54) is 6.07 Å². The Morgan fingerprint density at radius 2 is 1.93 bits per heavy atom. The standard InChI is InChI=1S/C19H14F3N3O3/c20-19(21,22)16-14-11(10-4-1-2-6-13(10)24-14)7-9-25(16)17(26)15-12(18(27)28)5-3-8-23-15/h1-6,8,16,24H,7,9H2,(H,27,28)/p-1/t16-/m0/s1. The first-order valence-corrected chi connectivity index (χ1v) is 8.42. The lowest BCUT2D eigenvalue weighted by Gasteiger charge is -2.36. The average Bonchev–Trinajstić information content (AvgIpc) is 3.04. The van der Waals surface area contributed by atoms with Gasteiger partial charge in [-0.15, -0.1) is 0 Å².